The number of amides is 1. The number of aryl methyl sites for hydroxylation is 2. The highest BCUT2D eigenvalue weighted by Gasteiger charge is 2.32. The Kier molecular flexibility index (Phi) is 7.16. The molecule has 1 heterocycles. The lowest BCUT2D eigenvalue weighted by molar-refractivity contribution is -0.126. The second kappa shape index (κ2) is 8.94. The quantitative estimate of drug-likeness (QED) is 0.704. The number of nitrogens with one attached hydrogen (secondary N) is 1. The fourth-order valence-corrected chi connectivity index (χ4v) is 4.78. The molecule has 1 aromatic rings. The molecule has 1 aliphatic rings. The van der Waals surface area contributed by atoms with Crippen LogP contribution in [0, 0.1) is 13.8 Å². The van der Waals surface area contributed by atoms with Crippen LogP contribution in [0.15, 0.2) is 23.1 Å². The number of hydrogen-bond donors (Lipinski definition) is 1. The standard InChI is InChI=1S/C18H29N3O4S/c1-14-5-6-15(2)17(13-14)26(23,24)21-10-8-20(9-11-21)16(3)18(22)19-7-12-25-4/h5-6,13,16H,7-12H2,1-4H3,(H,19,22)/t16-/m1/s1. The Balaban J connectivity index is 1.99. The molecule has 8 heteroatoms. The molecular formula is C18H29N3O4S. The van der Waals surface area contributed by atoms with Crippen LogP contribution in [0.4, 0.5) is 0 Å². The molecule has 0 aliphatic carbocycles. The number of carbonyl (C=O) groups excluding carboxylic acids is 1. The highest BCUT2D eigenvalue weighted by Crippen LogP contribution is 2.22. The summed E-state index contributed by atoms with van der Waals surface area (Å²) in [6, 6.07) is 5.18. The highest BCUT2D eigenvalue weighted by molar-refractivity contribution is 7.89. The van der Waals surface area contributed by atoms with Gasteiger partial charge in [-0.2, -0.15) is 4.31 Å². The Morgan fingerprint density at radius 3 is 2.50 bits per heavy atom. The molecule has 1 aromatic carbocycles. The van der Waals surface area contributed by atoms with Crippen molar-refractivity contribution in [2.75, 3.05) is 46.4 Å². The van der Waals surface area contributed by atoms with Crippen molar-refractivity contribution in [3.63, 3.8) is 0 Å². The van der Waals surface area contributed by atoms with Gasteiger partial charge in [-0.1, -0.05) is 12.1 Å². The van der Waals surface area contributed by atoms with Crippen LogP contribution in [0.5, 0.6) is 0 Å². The van der Waals surface area contributed by atoms with Crippen LogP contribution in [-0.4, -0.2) is 76.0 Å². The van der Waals surface area contributed by atoms with E-state index in [-0.39, 0.29) is 11.9 Å². The van der Waals surface area contributed by atoms with Crippen LogP contribution in [0.1, 0.15) is 18.1 Å². The molecule has 0 saturated carbocycles. The lowest BCUT2D eigenvalue weighted by Crippen LogP contribution is -2.55. The van der Waals surface area contributed by atoms with Crippen molar-refractivity contribution in [2.24, 2.45) is 0 Å². The Morgan fingerprint density at radius 2 is 1.88 bits per heavy atom. The SMILES string of the molecule is COCCNC(=O)[C@@H](C)N1CCN(S(=O)(=O)c2cc(C)ccc2C)CC1. The van der Waals surface area contributed by atoms with Crippen LogP contribution < -0.4 is 5.32 Å². The first-order valence-electron chi connectivity index (χ1n) is 8.85. The molecule has 7 nitrogen and oxygen atoms in total. The molecule has 0 unspecified atom stereocenters. The molecule has 1 amide bonds. The Bertz CT molecular complexity index is 728. The van der Waals surface area contributed by atoms with E-state index in [1.165, 1.54) is 4.31 Å². The van der Waals surface area contributed by atoms with E-state index >= 15 is 0 Å². The van der Waals surface area contributed by atoms with Gasteiger partial charge in [-0.05, 0) is 38.0 Å². The molecule has 1 N–H and O–H groups in total. The maximum atomic E-state index is 13.0. The molecule has 0 bridgehead atoms. The summed E-state index contributed by atoms with van der Waals surface area (Å²) in [5.41, 5.74) is 1.68. The minimum Gasteiger partial charge on any atom is -0.383 e. The topological polar surface area (TPSA) is 79.0 Å². The molecule has 0 radical (unpaired) electrons. The zero-order valence-electron chi connectivity index (χ0n) is 16.0. The van der Waals surface area contributed by atoms with Crippen molar-refractivity contribution in [3.8, 4) is 0 Å². The van der Waals surface area contributed by atoms with Gasteiger partial charge in [0.05, 0.1) is 17.5 Å². The van der Waals surface area contributed by atoms with E-state index < -0.39 is 10.0 Å². The molecule has 1 atom stereocenters. The summed E-state index contributed by atoms with van der Waals surface area (Å²) in [5, 5.41) is 2.82. The molecular weight excluding hydrogens is 354 g/mol. The summed E-state index contributed by atoms with van der Waals surface area (Å²) in [5.74, 6) is -0.0621. The van der Waals surface area contributed by atoms with Crippen molar-refractivity contribution in [2.45, 2.75) is 31.7 Å². The third kappa shape index (κ3) is 4.82. The van der Waals surface area contributed by atoms with E-state index in [2.05, 4.69) is 5.32 Å². The minimum atomic E-state index is -3.51. The third-order valence-electron chi connectivity index (χ3n) is 4.77. The van der Waals surface area contributed by atoms with Crippen LogP contribution in [0.3, 0.4) is 0 Å². The summed E-state index contributed by atoms with van der Waals surface area (Å²) < 4.78 is 32.4. The lowest BCUT2D eigenvalue weighted by atomic mass is 10.2. The molecule has 1 saturated heterocycles. The average molecular weight is 384 g/mol. The molecule has 1 fully saturated rings. The highest BCUT2D eigenvalue weighted by atomic mass is 32.2. The lowest BCUT2D eigenvalue weighted by Gasteiger charge is -2.37. The van der Waals surface area contributed by atoms with Crippen molar-refractivity contribution in [1.29, 1.82) is 0 Å². The Hall–Kier alpha value is -1.48. The van der Waals surface area contributed by atoms with Crippen molar-refractivity contribution >= 4 is 15.9 Å². The summed E-state index contributed by atoms with van der Waals surface area (Å²) in [6.07, 6.45) is 0. The van der Waals surface area contributed by atoms with E-state index in [0.29, 0.717) is 44.2 Å². The van der Waals surface area contributed by atoms with Gasteiger partial charge in [0.15, 0.2) is 0 Å². The largest absolute Gasteiger partial charge is 0.383 e. The van der Waals surface area contributed by atoms with Gasteiger partial charge in [0, 0.05) is 39.8 Å². The van der Waals surface area contributed by atoms with Crippen LogP contribution in [-0.2, 0) is 19.6 Å². The number of carbonyl (C=O) groups is 1. The van der Waals surface area contributed by atoms with Gasteiger partial charge in [0.2, 0.25) is 15.9 Å². The van der Waals surface area contributed by atoms with Gasteiger partial charge < -0.3 is 10.1 Å². The fraction of sp³-hybridized carbons (Fsp3) is 0.611. The van der Waals surface area contributed by atoms with Gasteiger partial charge in [-0.25, -0.2) is 8.42 Å². The first kappa shape index (κ1) is 20.8. The Labute approximate surface area is 156 Å². The Morgan fingerprint density at radius 1 is 1.23 bits per heavy atom. The third-order valence-corrected chi connectivity index (χ3v) is 6.81. The minimum absolute atomic E-state index is 0.0621. The number of rotatable bonds is 7. The summed E-state index contributed by atoms with van der Waals surface area (Å²) in [7, 11) is -1.92. The zero-order chi connectivity index (χ0) is 19.3. The van der Waals surface area contributed by atoms with Crippen LogP contribution in [0.25, 0.3) is 0 Å². The van der Waals surface area contributed by atoms with E-state index in [1.807, 2.05) is 37.8 Å². The van der Waals surface area contributed by atoms with Crippen molar-refractivity contribution < 1.29 is 17.9 Å². The predicted octanol–water partition coefficient (Wildman–Crippen LogP) is 0.761. The number of benzene rings is 1. The second-order valence-corrected chi connectivity index (χ2v) is 8.58. The number of sulfonamides is 1. The monoisotopic (exact) mass is 383 g/mol. The smallest absolute Gasteiger partial charge is 0.243 e. The van der Waals surface area contributed by atoms with Gasteiger partial charge in [-0.3, -0.25) is 9.69 Å². The normalized spacial score (nSPS) is 17.8. The van der Waals surface area contributed by atoms with Gasteiger partial charge in [-0.15, -0.1) is 0 Å². The van der Waals surface area contributed by atoms with E-state index in [1.54, 1.807) is 13.2 Å². The summed E-state index contributed by atoms with van der Waals surface area (Å²) >= 11 is 0. The summed E-state index contributed by atoms with van der Waals surface area (Å²) in [4.78, 5) is 14.5. The van der Waals surface area contributed by atoms with Gasteiger partial charge >= 0.3 is 0 Å². The zero-order valence-corrected chi connectivity index (χ0v) is 16.8. The fourth-order valence-electron chi connectivity index (χ4n) is 3.05. The van der Waals surface area contributed by atoms with Crippen molar-refractivity contribution in [1.82, 2.24) is 14.5 Å². The first-order chi connectivity index (χ1) is 12.3. The van der Waals surface area contributed by atoms with Crippen LogP contribution in [0.2, 0.25) is 0 Å². The molecule has 0 spiro atoms. The average Bonchev–Trinajstić information content (AvgIpc) is 2.63. The van der Waals surface area contributed by atoms with Gasteiger partial charge in [0.25, 0.3) is 0 Å². The van der Waals surface area contributed by atoms with Crippen LogP contribution >= 0.6 is 0 Å². The summed E-state index contributed by atoms with van der Waals surface area (Å²) in [6.45, 7) is 8.32. The number of piperazine rings is 1. The first-order valence-corrected chi connectivity index (χ1v) is 10.3. The number of nitrogens with zero attached hydrogens (tertiary/aromatic N) is 2. The van der Waals surface area contributed by atoms with Crippen molar-refractivity contribution in [3.05, 3.63) is 29.3 Å². The maximum Gasteiger partial charge on any atom is 0.243 e. The second-order valence-electron chi connectivity index (χ2n) is 6.67. The predicted molar refractivity (Wildman–Crippen MR) is 101 cm³/mol. The number of methoxy groups -OCH3 is 1. The molecule has 1 aliphatic heterocycles. The maximum absolute atomic E-state index is 13.0. The number of ether oxygens (including phenoxy) is 1. The molecule has 26 heavy (non-hydrogen) atoms. The molecule has 146 valence electrons. The molecule has 2 rings (SSSR count). The van der Waals surface area contributed by atoms with E-state index in [0.717, 1.165) is 11.1 Å². The number of hydrogen-bond acceptors (Lipinski definition) is 5. The molecule has 0 aromatic heterocycles. The van der Waals surface area contributed by atoms with E-state index in [4.69, 9.17) is 4.74 Å². The van der Waals surface area contributed by atoms with E-state index in [9.17, 15) is 13.2 Å². The van der Waals surface area contributed by atoms with Gasteiger partial charge in [0.1, 0.15) is 0 Å².